The summed E-state index contributed by atoms with van der Waals surface area (Å²) >= 11 is 11.3. The van der Waals surface area contributed by atoms with Crippen LogP contribution < -0.4 is 51.4 Å². The van der Waals surface area contributed by atoms with Crippen molar-refractivity contribution >= 4 is 36.3 Å². The molecule has 7 heteroatoms. The summed E-state index contributed by atoms with van der Waals surface area (Å²) in [6, 6.07) is 4.52. The maximum Gasteiger partial charge on any atom is 1.00 e. The van der Waals surface area contributed by atoms with Crippen molar-refractivity contribution in [3.05, 3.63) is 39.8 Å². The Morgan fingerprint density at radius 3 is 2.27 bits per heavy atom. The van der Waals surface area contributed by atoms with Gasteiger partial charge in [0.15, 0.2) is 0 Å². The van der Waals surface area contributed by atoms with Crippen molar-refractivity contribution in [2.45, 2.75) is 0 Å². The van der Waals surface area contributed by atoms with Gasteiger partial charge in [0.2, 0.25) is 0 Å². The Morgan fingerprint density at radius 1 is 1.13 bits per heavy atom. The molecule has 76 valence electrons. The topological polar surface area (TPSA) is 0 Å². The van der Waals surface area contributed by atoms with Crippen LogP contribution in [0.3, 0.4) is 0 Å². The maximum absolute atomic E-state index is 11.9. The summed E-state index contributed by atoms with van der Waals surface area (Å²) in [6.45, 7) is -4.94. The van der Waals surface area contributed by atoms with Crippen LogP contribution in [0.2, 0.25) is 10.0 Å². The van der Waals surface area contributed by atoms with Crippen LogP contribution in [-0.4, -0.2) is 6.98 Å². The average Bonchev–Trinajstić information content (AvgIpc) is 2.06. The fourth-order valence-electron chi connectivity index (χ4n) is 0.862. The monoisotopic (exact) mass is 278 g/mol. The molecular formula is C8H5BCl2F3K. The zero-order valence-corrected chi connectivity index (χ0v) is 12.5. The summed E-state index contributed by atoms with van der Waals surface area (Å²) in [7, 11) is 0. The van der Waals surface area contributed by atoms with E-state index in [0.717, 1.165) is 6.08 Å². The molecule has 0 bridgehead atoms. The van der Waals surface area contributed by atoms with Crippen LogP contribution in [0.15, 0.2) is 24.2 Å². The largest absolute Gasteiger partial charge is 1.00 e. The Bertz CT molecular complexity index is 365. The molecule has 1 rings (SSSR count). The van der Waals surface area contributed by atoms with Gasteiger partial charge in [-0.1, -0.05) is 41.4 Å². The molecule has 1 aromatic carbocycles. The van der Waals surface area contributed by atoms with Gasteiger partial charge in [-0.2, -0.15) is 0 Å². The molecule has 0 aromatic heterocycles. The van der Waals surface area contributed by atoms with E-state index in [9.17, 15) is 12.9 Å². The van der Waals surface area contributed by atoms with Gasteiger partial charge in [-0.3, -0.25) is 0 Å². The zero-order valence-electron chi connectivity index (χ0n) is 7.85. The van der Waals surface area contributed by atoms with E-state index in [4.69, 9.17) is 23.2 Å². The Labute approximate surface area is 138 Å². The molecule has 0 radical (unpaired) electrons. The van der Waals surface area contributed by atoms with Crippen LogP contribution in [0.5, 0.6) is 0 Å². The van der Waals surface area contributed by atoms with Gasteiger partial charge >= 0.3 is 58.4 Å². The van der Waals surface area contributed by atoms with Gasteiger partial charge in [0.25, 0.3) is 0 Å². The predicted molar refractivity (Wildman–Crippen MR) is 54.6 cm³/mol. The summed E-state index contributed by atoms with van der Waals surface area (Å²) < 4.78 is 35.6. The zero-order chi connectivity index (χ0) is 10.8. The van der Waals surface area contributed by atoms with E-state index in [1.165, 1.54) is 18.2 Å². The maximum atomic E-state index is 11.9. The molecular weight excluding hydrogens is 274 g/mol. The van der Waals surface area contributed by atoms with E-state index >= 15 is 0 Å². The molecule has 0 aliphatic carbocycles. The van der Waals surface area contributed by atoms with Gasteiger partial charge in [0.05, 0.1) is 10.0 Å². The third-order valence-corrected chi connectivity index (χ3v) is 2.31. The SMILES string of the molecule is F[B-](F)(F)/C=C/c1cccc(Cl)c1Cl.[K+]. The van der Waals surface area contributed by atoms with E-state index < -0.39 is 6.98 Å². The molecule has 0 unspecified atom stereocenters. The number of hydrogen-bond donors (Lipinski definition) is 0. The molecule has 0 amide bonds. The van der Waals surface area contributed by atoms with E-state index in [0.29, 0.717) is 0 Å². The van der Waals surface area contributed by atoms with Crippen LogP contribution in [-0.2, 0) is 0 Å². The van der Waals surface area contributed by atoms with Crippen LogP contribution in [0.1, 0.15) is 5.56 Å². The first-order valence-electron chi connectivity index (χ1n) is 3.73. The van der Waals surface area contributed by atoms with Crippen LogP contribution in [0, 0.1) is 0 Å². The van der Waals surface area contributed by atoms with Gasteiger partial charge in [0, 0.05) is 0 Å². The summed E-state index contributed by atoms with van der Waals surface area (Å²) in [6.07, 6.45) is 0.911. The Balaban J connectivity index is 0.00000196. The van der Waals surface area contributed by atoms with Crippen molar-refractivity contribution in [1.29, 1.82) is 0 Å². The van der Waals surface area contributed by atoms with E-state index in [1.54, 1.807) is 0 Å². The molecule has 0 N–H and O–H groups in total. The van der Waals surface area contributed by atoms with Gasteiger partial charge in [-0.05, 0) is 11.6 Å². The predicted octanol–water partition coefficient (Wildman–Crippen LogP) is 1.40. The smallest absolute Gasteiger partial charge is 0.445 e. The molecule has 0 saturated carbocycles. The first-order valence-corrected chi connectivity index (χ1v) is 4.49. The molecule has 0 nitrogen and oxygen atoms in total. The molecule has 0 heterocycles. The fraction of sp³-hybridized carbons (Fsp3) is 0. The third-order valence-electron chi connectivity index (χ3n) is 1.48. The number of hydrogen-bond acceptors (Lipinski definition) is 0. The van der Waals surface area contributed by atoms with Crippen molar-refractivity contribution in [2.24, 2.45) is 0 Å². The number of benzene rings is 1. The summed E-state index contributed by atoms with van der Waals surface area (Å²) in [4.78, 5) is 0. The van der Waals surface area contributed by atoms with E-state index in [2.05, 4.69) is 0 Å². The Morgan fingerprint density at radius 2 is 1.73 bits per heavy atom. The minimum absolute atomic E-state index is 0. The second-order valence-corrected chi connectivity index (χ2v) is 3.41. The van der Waals surface area contributed by atoms with Crippen LogP contribution >= 0.6 is 23.2 Å². The van der Waals surface area contributed by atoms with Gasteiger partial charge in [0.1, 0.15) is 0 Å². The molecule has 0 spiro atoms. The van der Waals surface area contributed by atoms with Gasteiger partial charge < -0.3 is 12.9 Å². The summed E-state index contributed by atoms with van der Waals surface area (Å²) in [5.74, 6) is 0.178. The van der Waals surface area contributed by atoms with E-state index in [-0.39, 0.29) is 73.0 Å². The first kappa shape index (κ1) is 16.0. The van der Waals surface area contributed by atoms with Crippen molar-refractivity contribution < 1.29 is 64.3 Å². The van der Waals surface area contributed by atoms with Crippen molar-refractivity contribution in [3.8, 4) is 0 Å². The molecule has 0 fully saturated rings. The first-order chi connectivity index (χ1) is 6.40. The molecule has 15 heavy (non-hydrogen) atoms. The van der Waals surface area contributed by atoms with Crippen LogP contribution in [0.25, 0.3) is 6.08 Å². The van der Waals surface area contributed by atoms with Crippen LogP contribution in [0.4, 0.5) is 12.9 Å². The second kappa shape index (κ2) is 6.69. The normalized spacial score (nSPS) is 11.5. The van der Waals surface area contributed by atoms with E-state index in [1.807, 2.05) is 0 Å². The third kappa shape index (κ3) is 5.77. The van der Waals surface area contributed by atoms with Crippen molar-refractivity contribution in [3.63, 3.8) is 0 Å². The summed E-state index contributed by atoms with van der Waals surface area (Å²) in [5.41, 5.74) is 0.262. The second-order valence-electron chi connectivity index (χ2n) is 2.63. The minimum atomic E-state index is -4.94. The molecule has 0 saturated heterocycles. The Kier molecular flexibility index (Phi) is 7.15. The van der Waals surface area contributed by atoms with Crippen molar-refractivity contribution in [1.82, 2.24) is 0 Å². The fourth-order valence-corrected chi connectivity index (χ4v) is 1.23. The number of rotatable bonds is 2. The van der Waals surface area contributed by atoms with Gasteiger partial charge in [-0.25, -0.2) is 0 Å². The minimum Gasteiger partial charge on any atom is -0.445 e. The Hall–Kier alpha value is 1.03. The summed E-state index contributed by atoms with van der Waals surface area (Å²) in [5, 5.41) is 0.369. The average molecular weight is 279 g/mol. The molecule has 0 aliphatic heterocycles. The molecule has 0 aliphatic rings. The quantitative estimate of drug-likeness (QED) is 0.718. The standard InChI is InChI=1S/C8H5BCl2F3.K/c10-7-3-1-2-6(8(7)11)4-5-9(12,13)14;/h1-5H;/q-1;+1/b5-4+;. The molecule has 1 aromatic rings. The van der Waals surface area contributed by atoms with Crippen molar-refractivity contribution in [2.75, 3.05) is 0 Å². The van der Waals surface area contributed by atoms with Gasteiger partial charge in [-0.15, -0.1) is 5.98 Å². The molecule has 0 atom stereocenters. The number of halogens is 5.